The third kappa shape index (κ3) is 4.79. The van der Waals surface area contributed by atoms with Crippen LogP contribution in [0.25, 0.3) is 0 Å². The number of carbonyl (C=O) groups is 1. The Morgan fingerprint density at radius 3 is 2.46 bits per heavy atom. The quantitative estimate of drug-likeness (QED) is 0.734. The van der Waals surface area contributed by atoms with Crippen LogP contribution < -0.4 is 0 Å². The molecule has 6 nitrogen and oxygen atoms in total. The highest BCUT2D eigenvalue weighted by Gasteiger charge is 2.25. The first kappa shape index (κ1) is 18.4. The smallest absolute Gasteiger partial charge is 0.307 e. The third-order valence-corrected chi connectivity index (χ3v) is 5.90. The van der Waals surface area contributed by atoms with Gasteiger partial charge in [-0.2, -0.15) is 9.57 Å². The molecule has 0 N–H and O–H groups in total. The lowest BCUT2D eigenvalue weighted by Crippen LogP contribution is -2.35. The number of nitriles is 1. The van der Waals surface area contributed by atoms with E-state index in [9.17, 15) is 13.2 Å². The minimum atomic E-state index is -3.42. The molecular weight excluding hydrogens is 328 g/mol. The molecule has 1 fully saturated rings. The van der Waals surface area contributed by atoms with Crippen molar-refractivity contribution in [3.8, 4) is 6.07 Å². The first-order valence-corrected chi connectivity index (χ1v) is 9.55. The second kappa shape index (κ2) is 8.27. The molecule has 1 atom stereocenters. The van der Waals surface area contributed by atoms with Gasteiger partial charge in [-0.25, -0.2) is 8.42 Å². The average molecular weight is 350 g/mol. The number of rotatable bonds is 6. The highest BCUT2D eigenvalue weighted by molar-refractivity contribution is 7.89. The van der Waals surface area contributed by atoms with Crippen molar-refractivity contribution in [2.45, 2.75) is 50.0 Å². The Balaban J connectivity index is 1.95. The Hall–Kier alpha value is -1.91. The molecule has 0 bridgehead atoms. The second-order valence-corrected chi connectivity index (χ2v) is 7.81. The minimum absolute atomic E-state index is 0.157. The van der Waals surface area contributed by atoms with E-state index in [1.807, 2.05) is 6.07 Å². The first-order chi connectivity index (χ1) is 11.4. The minimum Gasteiger partial charge on any atom is -0.447 e. The number of piperidine rings is 1. The monoisotopic (exact) mass is 350 g/mol. The van der Waals surface area contributed by atoms with Gasteiger partial charge in [-0.3, -0.25) is 4.79 Å². The van der Waals surface area contributed by atoms with Crippen LogP contribution in [0.4, 0.5) is 0 Å². The standard InChI is InChI=1S/C17H22N2O4S/c1-14(13-18)23-17(20)10-7-15-5-8-16(9-6-15)24(21,22)19-11-3-2-4-12-19/h5-6,8-9,14H,2-4,7,10-12H2,1H3/t14-/m1/s1. The molecule has 24 heavy (non-hydrogen) atoms. The van der Waals surface area contributed by atoms with Gasteiger partial charge in [-0.15, -0.1) is 0 Å². The predicted molar refractivity (Wildman–Crippen MR) is 88.5 cm³/mol. The molecular formula is C17H22N2O4S. The number of nitrogens with zero attached hydrogens (tertiary/aromatic N) is 2. The molecule has 1 aliphatic heterocycles. The molecule has 0 amide bonds. The average Bonchev–Trinajstić information content (AvgIpc) is 2.61. The fourth-order valence-electron chi connectivity index (χ4n) is 2.61. The first-order valence-electron chi connectivity index (χ1n) is 8.11. The van der Waals surface area contributed by atoms with Gasteiger partial charge in [0, 0.05) is 19.5 Å². The summed E-state index contributed by atoms with van der Waals surface area (Å²) < 4.78 is 31.5. The molecule has 2 rings (SSSR count). The molecule has 0 radical (unpaired) electrons. The van der Waals surface area contributed by atoms with E-state index in [1.54, 1.807) is 24.3 Å². The fourth-order valence-corrected chi connectivity index (χ4v) is 4.13. The molecule has 7 heteroatoms. The lowest BCUT2D eigenvalue weighted by Gasteiger charge is -2.25. The van der Waals surface area contributed by atoms with Crippen LogP contribution in [-0.4, -0.2) is 37.9 Å². The summed E-state index contributed by atoms with van der Waals surface area (Å²) in [5.41, 5.74) is 0.856. The van der Waals surface area contributed by atoms with E-state index in [1.165, 1.54) is 11.2 Å². The van der Waals surface area contributed by atoms with E-state index < -0.39 is 22.1 Å². The van der Waals surface area contributed by atoms with Crippen LogP contribution in [0.1, 0.15) is 38.2 Å². The molecule has 1 aromatic carbocycles. The third-order valence-electron chi connectivity index (χ3n) is 3.98. The van der Waals surface area contributed by atoms with Gasteiger partial charge in [-0.05, 0) is 43.9 Å². The Bertz CT molecular complexity index is 701. The van der Waals surface area contributed by atoms with Crippen LogP contribution in [0.3, 0.4) is 0 Å². The van der Waals surface area contributed by atoms with E-state index in [-0.39, 0.29) is 11.3 Å². The summed E-state index contributed by atoms with van der Waals surface area (Å²) in [5, 5.41) is 8.60. The van der Waals surface area contributed by atoms with Crippen LogP contribution >= 0.6 is 0 Å². The second-order valence-electron chi connectivity index (χ2n) is 5.87. The summed E-state index contributed by atoms with van der Waals surface area (Å²) in [6.45, 7) is 2.66. The number of esters is 1. The van der Waals surface area contributed by atoms with Crippen LogP contribution in [-0.2, 0) is 26.0 Å². The summed E-state index contributed by atoms with van der Waals surface area (Å²) in [5.74, 6) is -0.436. The number of sulfonamides is 1. The predicted octanol–water partition coefficient (Wildman–Crippen LogP) is 2.25. The zero-order valence-electron chi connectivity index (χ0n) is 13.8. The summed E-state index contributed by atoms with van der Waals surface area (Å²) in [7, 11) is -3.42. The van der Waals surface area contributed by atoms with Crippen LogP contribution in [0.2, 0.25) is 0 Å². The van der Waals surface area contributed by atoms with Crippen molar-refractivity contribution in [1.29, 1.82) is 5.26 Å². The Morgan fingerprint density at radius 1 is 1.25 bits per heavy atom. The van der Waals surface area contributed by atoms with E-state index in [0.717, 1.165) is 24.8 Å². The molecule has 1 aliphatic rings. The maximum atomic E-state index is 12.5. The number of hydrogen-bond donors (Lipinski definition) is 0. The van der Waals surface area contributed by atoms with Crippen molar-refractivity contribution >= 4 is 16.0 Å². The van der Waals surface area contributed by atoms with E-state index in [2.05, 4.69) is 0 Å². The van der Waals surface area contributed by atoms with Crippen LogP contribution in [0.5, 0.6) is 0 Å². The number of benzene rings is 1. The zero-order chi connectivity index (χ0) is 17.6. The highest BCUT2D eigenvalue weighted by Crippen LogP contribution is 2.21. The van der Waals surface area contributed by atoms with Crippen LogP contribution in [0, 0.1) is 11.3 Å². The molecule has 1 aromatic rings. The van der Waals surface area contributed by atoms with Crippen molar-refractivity contribution < 1.29 is 17.9 Å². The van der Waals surface area contributed by atoms with Gasteiger partial charge < -0.3 is 4.74 Å². The van der Waals surface area contributed by atoms with Gasteiger partial charge in [0.25, 0.3) is 0 Å². The van der Waals surface area contributed by atoms with Crippen molar-refractivity contribution in [2.24, 2.45) is 0 Å². The van der Waals surface area contributed by atoms with Gasteiger partial charge in [0.15, 0.2) is 6.10 Å². The van der Waals surface area contributed by atoms with Gasteiger partial charge >= 0.3 is 5.97 Å². The lowest BCUT2D eigenvalue weighted by atomic mass is 10.1. The van der Waals surface area contributed by atoms with Crippen molar-refractivity contribution in [3.63, 3.8) is 0 Å². The summed E-state index contributed by atoms with van der Waals surface area (Å²) in [6.07, 6.45) is 2.73. The number of carbonyl (C=O) groups excluding carboxylic acids is 1. The van der Waals surface area contributed by atoms with Gasteiger partial charge in [0.1, 0.15) is 6.07 Å². The van der Waals surface area contributed by atoms with E-state index >= 15 is 0 Å². The van der Waals surface area contributed by atoms with E-state index in [4.69, 9.17) is 10.00 Å². The molecule has 0 aromatic heterocycles. The van der Waals surface area contributed by atoms with Crippen molar-refractivity contribution in [1.82, 2.24) is 4.31 Å². The van der Waals surface area contributed by atoms with Crippen molar-refractivity contribution in [3.05, 3.63) is 29.8 Å². The van der Waals surface area contributed by atoms with Gasteiger partial charge in [-0.1, -0.05) is 18.6 Å². The normalized spacial score (nSPS) is 17.0. The molecule has 130 valence electrons. The summed E-state index contributed by atoms with van der Waals surface area (Å²) in [6, 6.07) is 8.45. The number of aryl methyl sites for hydroxylation is 1. The van der Waals surface area contributed by atoms with Gasteiger partial charge in [0.2, 0.25) is 10.0 Å². The molecule has 0 saturated carbocycles. The zero-order valence-corrected chi connectivity index (χ0v) is 14.6. The molecule has 0 spiro atoms. The lowest BCUT2D eigenvalue weighted by molar-refractivity contribution is -0.145. The highest BCUT2D eigenvalue weighted by atomic mass is 32.2. The maximum Gasteiger partial charge on any atom is 0.307 e. The van der Waals surface area contributed by atoms with E-state index in [0.29, 0.717) is 19.5 Å². The van der Waals surface area contributed by atoms with Crippen molar-refractivity contribution in [2.75, 3.05) is 13.1 Å². The van der Waals surface area contributed by atoms with Gasteiger partial charge in [0.05, 0.1) is 4.90 Å². The molecule has 0 aliphatic carbocycles. The largest absolute Gasteiger partial charge is 0.447 e. The fraction of sp³-hybridized carbons (Fsp3) is 0.529. The molecule has 0 unspecified atom stereocenters. The van der Waals surface area contributed by atoms with Crippen LogP contribution in [0.15, 0.2) is 29.2 Å². The summed E-state index contributed by atoms with van der Waals surface area (Å²) >= 11 is 0. The SMILES string of the molecule is C[C@H](C#N)OC(=O)CCc1ccc(S(=O)(=O)N2CCCCC2)cc1. The number of ether oxygens (including phenoxy) is 1. The molecule has 1 saturated heterocycles. The molecule has 1 heterocycles. The number of hydrogen-bond acceptors (Lipinski definition) is 5. The maximum absolute atomic E-state index is 12.5. The Kier molecular flexibility index (Phi) is 6.35. The summed E-state index contributed by atoms with van der Waals surface area (Å²) in [4.78, 5) is 11.8. The Morgan fingerprint density at radius 2 is 1.88 bits per heavy atom. The topological polar surface area (TPSA) is 87.5 Å². The Labute approximate surface area is 143 Å².